The smallest absolute Gasteiger partial charge is 1.00 e. The first-order valence-corrected chi connectivity index (χ1v) is 59.5. The van der Waals surface area contributed by atoms with E-state index in [2.05, 4.69) is 16.7 Å². The molecule has 68 nitrogen and oxygen atoms in total. The number of β-amino-alcohol motifs (C(OH)–C–C–N with tert-alkyl or cyclic N) is 4. The molecule has 51 N–H and O–H groups in total. The van der Waals surface area contributed by atoms with E-state index in [-0.39, 0.29) is 95.3 Å². The molecule has 0 spiro atoms. The van der Waals surface area contributed by atoms with Crippen LogP contribution in [-0.4, -0.2) is 752 Å². The van der Waals surface area contributed by atoms with E-state index in [9.17, 15) is 272 Å². The topological polar surface area (TPSA) is 1280 Å². The van der Waals surface area contributed by atoms with Gasteiger partial charge in [0.2, 0.25) is 20.8 Å². The number of nitrogens with zero attached hydrogens (tertiary/aromatic N) is 2. The van der Waals surface area contributed by atoms with Crippen molar-refractivity contribution in [3.05, 3.63) is 0 Å². The molecule has 0 aromatic rings. The number of aliphatic hydroxyl groups excluding tert-OH is 50. The molecule has 904 valence electrons. The molecule has 0 saturated carbocycles. The van der Waals surface area contributed by atoms with Gasteiger partial charge in [-0.2, -0.15) is 8.42 Å². The number of aliphatic hydroxyl groups is 50. The molecule has 6 rings (SSSR count). The van der Waals surface area contributed by atoms with Crippen LogP contribution in [0.3, 0.4) is 0 Å². The Kier molecular flexibility index (Phi) is 71.9. The zero-order chi connectivity index (χ0) is 115. The fraction of sp³-hybridized carbons (Fsp3) is 1.00. The standard InChI is InChI=1S/C12H25NO12S.C12H25NO9.2C12H24O12S2.C12H24O12SSe.C12H25O9Se.2ClH/c14-3-5-9(19)6(16)1-13(5)2-7(17)12(25-26(22,23)24)11(21)10(20)8(18)4-15;14-3-5-9(19)6(16)1-13(5)2-7(17)10(20)12(22)11(21)8(18)4-15;2*13-1-5(15)10(19)11(20)12(24-26(21,22)23)7(17)4-25-3-6(16)9(18)8(25)2-14;13-1-5(15)10(19)11(20)12(24-25(21,22)23)7(17)4-26-3-6(16)9(18)8(26)2-14;13-1-5(15)10(19)12(21)11(20)7(17)4-22-3-6(16)9(18)8(22)2-14;;/h5-12,14-21H,1-4H2,(H,22,23,24);5-12,14-22H,1-4H2;3*5-20H,1-4H2;5-21H,1-4H2;2*1H/q;;;;;+1;;/p-2/t5-,6-,7-,8+,9-,10-,11-,12-;5-,6-,7-,8+,9-,10-,11-,12+;5-,6+,7+,8+,9-,10-,11+,12+,25?;5-,6-,7-,8-,9+,10-,11-,12-,25?;5-,6+,7+,8+,9-,10+,11+,12+,26?;5-,6+,7+,8+,9-,10+,11+,12+,22?;;/m110100../s1. The molecule has 6 heterocycles. The van der Waals surface area contributed by atoms with Gasteiger partial charge in [0.05, 0.1) is 102 Å². The zero-order valence-electron chi connectivity index (χ0n) is 78.5. The molecule has 150 heavy (non-hydrogen) atoms. The third-order valence-electron chi connectivity index (χ3n) is 24.0. The predicted molar refractivity (Wildman–Crippen MR) is 484 cm³/mol. The minimum Gasteiger partial charge on any atom is -1.00 e. The van der Waals surface area contributed by atoms with Crippen LogP contribution in [0.1, 0.15) is 0 Å². The van der Waals surface area contributed by atoms with Crippen LogP contribution in [0.2, 0.25) is 30.9 Å². The summed E-state index contributed by atoms with van der Waals surface area (Å²) in [5, 5.41) is 475. The predicted octanol–water partition coefficient (Wildman–Crippen LogP) is -39.6. The first kappa shape index (κ1) is 152. The fourth-order valence-electron chi connectivity index (χ4n) is 15.5. The molecule has 0 aromatic heterocycles. The first-order valence-electron chi connectivity index (χ1n) is 44.1. The molecule has 0 radical (unpaired) electrons. The number of hydrogen-bond donors (Lipinski definition) is 51. The Labute approximate surface area is 882 Å². The van der Waals surface area contributed by atoms with E-state index < -0.39 is 459 Å². The molecule has 6 fully saturated rings. The molecular formula is C72H147Cl2N2O66S6Se2-. The SMILES string of the molecule is O=S(=O)(O)O[C@@H]([C@H](O)[C@H](O)[C@H](O)CO)[C@H](O)C[S+]1C[C@@H](O)[C@H](O)[C@H]1CO.O=S(=O)([O-])O[C@@H]([C@H](O)[C@@H](O)[C@@H](O)CO)[C@H](O)C[S+]1C[C@@H](O)[C@H](O)[C@H]1CO.O=S(=O)([O-])O[C@@H]([C@H](O)[C@H](O)[C@@H](O)CO)[C@H](O)CN1C[C@@H](O)[C@H](O)[C@H]1CO.O=S(=O)([O-])O[C@@H]([C@H](O)[C@H](O)[C@@H](O)CO)[C@H](O)C[Se+]1C[C@@H](O)[C@H](O)[C@H]1CO.OC[C@@H]1[C@@H](O)[C@H](O)CN1C[C@@H](O)[C@@H](O)[C@H](O)[C@H](O)[C@@H](O)CO.OC[C@@H]1[C@@H](O)[C@H](O)C[Se+]1C[C@@H](O)[C@@H](O)[C@H](O)[C@H](O)[C@@H](O)CO.[Cl-].[Cl-]. The summed E-state index contributed by atoms with van der Waals surface area (Å²) in [7, 11) is -23.5. The van der Waals surface area contributed by atoms with Crippen LogP contribution in [0.4, 0.5) is 0 Å². The van der Waals surface area contributed by atoms with E-state index in [0.29, 0.717) is 0 Å². The Balaban J connectivity index is 0. The Bertz CT molecular complexity index is 3660. The molecule has 0 aliphatic carbocycles. The van der Waals surface area contributed by atoms with Crippen LogP contribution >= 0.6 is 0 Å². The normalized spacial score (nSPS) is 32.5. The minimum atomic E-state index is -5.45. The van der Waals surface area contributed by atoms with Gasteiger partial charge in [-0.05, 0) is 0 Å². The van der Waals surface area contributed by atoms with Crippen molar-refractivity contribution in [2.75, 3.05) is 128 Å². The van der Waals surface area contributed by atoms with Crippen molar-refractivity contribution in [2.45, 2.75) is 310 Å². The molecule has 6 aliphatic rings. The van der Waals surface area contributed by atoms with Gasteiger partial charge in [0, 0.05) is 48.0 Å². The third-order valence-corrected chi connectivity index (χ3v) is 43.4. The summed E-state index contributed by atoms with van der Waals surface area (Å²) in [6.45, 7) is -9.77. The summed E-state index contributed by atoms with van der Waals surface area (Å²) in [5.41, 5.74) is 0. The Hall–Kier alpha value is -0.281. The van der Waals surface area contributed by atoms with Gasteiger partial charge in [-0.15, -0.1) is 0 Å². The fourth-order valence-corrected chi connectivity index (χ4v) is 34.2. The summed E-state index contributed by atoms with van der Waals surface area (Å²) in [6, 6.07) is -1.85. The van der Waals surface area contributed by atoms with Crippen LogP contribution in [0.15, 0.2) is 0 Å². The van der Waals surface area contributed by atoms with Crippen LogP contribution in [0.25, 0.3) is 0 Å². The van der Waals surface area contributed by atoms with Crippen LogP contribution < -0.4 is 24.8 Å². The molecule has 0 bridgehead atoms. The van der Waals surface area contributed by atoms with Crippen molar-refractivity contribution in [3.8, 4) is 0 Å². The summed E-state index contributed by atoms with van der Waals surface area (Å²) in [4.78, 5) is 1.23. The van der Waals surface area contributed by atoms with Crippen molar-refractivity contribution in [1.29, 1.82) is 0 Å². The Morgan fingerprint density at radius 3 is 0.767 bits per heavy atom. The second-order valence-electron chi connectivity index (χ2n) is 34.8. The van der Waals surface area contributed by atoms with E-state index in [0.717, 1.165) is 4.90 Å². The van der Waals surface area contributed by atoms with Gasteiger partial charge < -0.3 is 202 Å². The van der Waals surface area contributed by atoms with E-state index in [1.165, 1.54) is 4.90 Å². The molecule has 0 amide bonds. The van der Waals surface area contributed by atoms with Crippen LogP contribution in [0.5, 0.6) is 0 Å². The number of hydrogen-bond acceptors (Lipinski definition) is 67. The quantitative estimate of drug-likeness (QED) is 0.0116. The molecule has 6 aliphatic heterocycles. The van der Waals surface area contributed by atoms with E-state index in [1.807, 2.05) is 0 Å². The monoisotopic (exact) mass is 2520 g/mol. The maximum atomic E-state index is 11.0. The molecule has 52 atom stereocenters. The largest absolute Gasteiger partial charge is 1.00 e. The number of rotatable bonds is 56. The molecule has 6 saturated heterocycles. The van der Waals surface area contributed by atoms with Crippen molar-refractivity contribution in [2.24, 2.45) is 0 Å². The van der Waals surface area contributed by atoms with Gasteiger partial charge in [-0.25, -0.2) is 21.0 Å². The third kappa shape index (κ3) is 47.1. The number of halogens is 2. The minimum absolute atomic E-state index is 0. The van der Waals surface area contributed by atoms with Gasteiger partial charge in [-0.1, -0.05) is 0 Å². The van der Waals surface area contributed by atoms with E-state index >= 15 is 0 Å². The van der Waals surface area contributed by atoms with E-state index in [1.54, 1.807) is 0 Å². The molecular weight excluding hydrogens is 2370 g/mol. The van der Waals surface area contributed by atoms with Crippen molar-refractivity contribution in [1.82, 2.24) is 9.80 Å². The van der Waals surface area contributed by atoms with Crippen molar-refractivity contribution in [3.63, 3.8) is 0 Å². The van der Waals surface area contributed by atoms with Gasteiger partial charge in [0.1, 0.15) is 157 Å². The molecule has 4 unspecified atom stereocenters. The van der Waals surface area contributed by atoms with Gasteiger partial charge in [0.15, 0.2) is 10.5 Å². The first-order chi connectivity index (χ1) is 68.2. The van der Waals surface area contributed by atoms with Crippen molar-refractivity contribution < 1.29 is 349 Å². The average Bonchev–Trinajstić information content (AvgIpc) is 1.72. The van der Waals surface area contributed by atoms with Gasteiger partial charge >= 0.3 is 295 Å². The Morgan fingerprint density at radius 1 is 0.273 bits per heavy atom. The maximum absolute atomic E-state index is 11.0. The summed E-state index contributed by atoms with van der Waals surface area (Å²) >= 11 is -3.97. The Morgan fingerprint density at radius 2 is 0.513 bits per heavy atom. The molecule has 78 heteroatoms. The van der Waals surface area contributed by atoms with Gasteiger partial charge in [-0.3, -0.25) is 22.7 Å². The zero-order valence-corrected chi connectivity index (χ0v) is 88.4. The number of likely N-dealkylation sites (tertiary alicyclic amines) is 2. The summed E-state index contributed by atoms with van der Waals surface area (Å²) in [5.74, 6) is -0.769. The van der Waals surface area contributed by atoms with Gasteiger partial charge in [0.25, 0.3) is 0 Å². The second-order valence-corrected chi connectivity index (χ2v) is 53.4. The summed E-state index contributed by atoms with van der Waals surface area (Å²) in [6.07, 6.45) is -73.1. The van der Waals surface area contributed by atoms with Crippen LogP contribution in [0, 0.1) is 0 Å². The molecule has 0 aromatic carbocycles. The average molecular weight is 2520 g/mol. The summed E-state index contributed by atoms with van der Waals surface area (Å²) < 4.78 is 145. The van der Waals surface area contributed by atoms with E-state index in [4.69, 9.17) is 35.2 Å². The second kappa shape index (κ2) is 71.0. The van der Waals surface area contributed by atoms with Crippen LogP contribution in [-0.2, 0) is 80.1 Å². The maximum Gasteiger partial charge on any atom is -1.00 e. The van der Waals surface area contributed by atoms with Crippen molar-refractivity contribution >= 4 is 91.2 Å².